The van der Waals surface area contributed by atoms with E-state index in [0.717, 1.165) is 15.9 Å². The molecular weight excluding hydrogens is 273 g/mol. The van der Waals surface area contributed by atoms with E-state index in [2.05, 4.69) is 18.3 Å². The number of rotatable bonds is 4. The van der Waals surface area contributed by atoms with Crippen molar-refractivity contribution in [3.63, 3.8) is 0 Å². The maximum absolute atomic E-state index is 5.89. The van der Waals surface area contributed by atoms with E-state index in [9.17, 15) is 0 Å². The van der Waals surface area contributed by atoms with Crippen LogP contribution in [-0.2, 0) is 6.54 Å². The average molecular weight is 286 g/mol. The summed E-state index contributed by atoms with van der Waals surface area (Å²) < 4.78 is 0.834. The van der Waals surface area contributed by atoms with Crippen LogP contribution in [0.5, 0.6) is 0 Å². The van der Waals surface area contributed by atoms with Crippen molar-refractivity contribution in [1.82, 2.24) is 5.32 Å². The van der Waals surface area contributed by atoms with E-state index in [4.69, 9.17) is 23.2 Å². The summed E-state index contributed by atoms with van der Waals surface area (Å²) in [4.78, 5) is 1.25. The Morgan fingerprint density at radius 1 is 1.12 bits per heavy atom. The van der Waals surface area contributed by atoms with Crippen LogP contribution in [0.4, 0.5) is 0 Å². The molecule has 0 aliphatic heterocycles. The molecule has 1 aromatic carbocycles. The van der Waals surface area contributed by atoms with Crippen LogP contribution in [0.3, 0.4) is 0 Å². The zero-order chi connectivity index (χ0) is 12.3. The number of halogens is 2. The Morgan fingerprint density at radius 3 is 2.41 bits per heavy atom. The first kappa shape index (κ1) is 12.9. The molecule has 0 bridgehead atoms. The van der Waals surface area contributed by atoms with E-state index in [0.29, 0.717) is 6.04 Å². The van der Waals surface area contributed by atoms with Gasteiger partial charge in [0, 0.05) is 22.5 Å². The van der Waals surface area contributed by atoms with Crippen molar-refractivity contribution in [3.05, 3.63) is 56.2 Å². The van der Waals surface area contributed by atoms with E-state index in [1.165, 1.54) is 10.4 Å². The molecule has 0 saturated carbocycles. The first-order valence-corrected chi connectivity index (χ1v) is 6.95. The second-order valence-corrected chi connectivity index (χ2v) is 6.10. The van der Waals surface area contributed by atoms with Gasteiger partial charge in [0.25, 0.3) is 0 Å². The molecule has 1 nitrogen and oxygen atoms in total. The van der Waals surface area contributed by atoms with Crippen molar-refractivity contribution in [2.24, 2.45) is 0 Å². The normalized spacial score (nSPS) is 12.6. The largest absolute Gasteiger partial charge is 0.305 e. The second kappa shape index (κ2) is 5.87. The van der Waals surface area contributed by atoms with Crippen LogP contribution < -0.4 is 5.32 Å². The van der Waals surface area contributed by atoms with Gasteiger partial charge in [-0.05, 0) is 36.8 Å². The van der Waals surface area contributed by atoms with Gasteiger partial charge in [-0.3, -0.25) is 0 Å². The van der Waals surface area contributed by atoms with Crippen LogP contribution in [0.2, 0.25) is 9.36 Å². The molecule has 2 aromatic rings. The Kier molecular flexibility index (Phi) is 4.46. The lowest BCUT2D eigenvalue weighted by Gasteiger charge is -2.13. The van der Waals surface area contributed by atoms with E-state index >= 15 is 0 Å². The predicted molar refractivity (Wildman–Crippen MR) is 76.0 cm³/mol. The molecule has 2 rings (SSSR count). The number of hydrogen-bond donors (Lipinski definition) is 1. The molecule has 1 heterocycles. The van der Waals surface area contributed by atoms with Gasteiger partial charge in [-0.15, -0.1) is 11.3 Å². The number of nitrogens with one attached hydrogen (secondary N) is 1. The van der Waals surface area contributed by atoms with E-state index in [1.54, 1.807) is 11.3 Å². The summed E-state index contributed by atoms with van der Waals surface area (Å²) in [5.41, 5.74) is 1.23. The molecule has 0 aliphatic carbocycles. The van der Waals surface area contributed by atoms with Gasteiger partial charge in [0.05, 0.1) is 4.34 Å². The van der Waals surface area contributed by atoms with Gasteiger partial charge in [-0.1, -0.05) is 35.3 Å². The van der Waals surface area contributed by atoms with Crippen molar-refractivity contribution in [3.8, 4) is 0 Å². The zero-order valence-corrected chi connectivity index (χ0v) is 11.7. The highest BCUT2D eigenvalue weighted by Crippen LogP contribution is 2.22. The molecule has 0 radical (unpaired) electrons. The van der Waals surface area contributed by atoms with Gasteiger partial charge in [-0.2, -0.15) is 0 Å². The molecule has 1 aromatic heterocycles. The maximum atomic E-state index is 5.89. The lowest BCUT2D eigenvalue weighted by atomic mass is 10.1. The molecule has 90 valence electrons. The third-order valence-corrected chi connectivity index (χ3v) is 4.06. The fourth-order valence-corrected chi connectivity index (χ4v) is 2.73. The number of thiophene rings is 1. The third-order valence-electron chi connectivity index (χ3n) is 2.58. The lowest BCUT2D eigenvalue weighted by molar-refractivity contribution is 0.579. The van der Waals surface area contributed by atoms with Crippen molar-refractivity contribution in [1.29, 1.82) is 0 Å². The van der Waals surface area contributed by atoms with Crippen LogP contribution in [0.25, 0.3) is 0 Å². The van der Waals surface area contributed by atoms with Crippen LogP contribution in [0.15, 0.2) is 36.4 Å². The number of hydrogen-bond acceptors (Lipinski definition) is 2. The van der Waals surface area contributed by atoms with Gasteiger partial charge in [0.15, 0.2) is 0 Å². The minimum absolute atomic E-state index is 0.299. The number of benzene rings is 1. The van der Waals surface area contributed by atoms with Crippen molar-refractivity contribution in [2.45, 2.75) is 19.5 Å². The molecule has 0 spiro atoms. The fraction of sp³-hybridized carbons (Fsp3) is 0.231. The maximum Gasteiger partial charge on any atom is 0.0931 e. The Bertz CT molecular complexity index is 478. The molecule has 0 saturated heterocycles. The molecule has 0 fully saturated rings. The van der Waals surface area contributed by atoms with Crippen LogP contribution in [0, 0.1) is 0 Å². The zero-order valence-electron chi connectivity index (χ0n) is 9.41. The first-order valence-electron chi connectivity index (χ1n) is 5.38. The minimum atomic E-state index is 0.299. The van der Waals surface area contributed by atoms with E-state index in [1.807, 2.05) is 30.3 Å². The Labute approximate surface area is 115 Å². The van der Waals surface area contributed by atoms with Crippen LogP contribution in [-0.4, -0.2) is 0 Å². The van der Waals surface area contributed by atoms with Crippen molar-refractivity contribution in [2.75, 3.05) is 0 Å². The van der Waals surface area contributed by atoms with Gasteiger partial charge >= 0.3 is 0 Å². The molecule has 1 atom stereocenters. The summed E-state index contributed by atoms with van der Waals surface area (Å²) in [7, 11) is 0. The summed E-state index contributed by atoms with van der Waals surface area (Å²) in [6, 6.07) is 12.2. The molecular formula is C13H13Cl2NS. The molecule has 0 unspecified atom stereocenters. The van der Waals surface area contributed by atoms with Gasteiger partial charge < -0.3 is 5.32 Å². The minimum Gasteiger partial charge on any atom is -0.305 e. The highest BCUT2D eigenvalue weighted by atomic mass is 35.5. The summed E-state index contributed by atoms with van der Waals surface area (Å²) in [5.74, 6) is 0. The van der Waals surface area contributed by atoms with E-state index < -0.39 is 0 Å². The van der Waals surface area contributed by atoms with Crippen molar-refractivity contribution >= 4 is 34.5 Å². The fourth-order valence-electron chi connectivity index (χ4n) is 1.57. The second-order valence-electron chi connectivity index (χ2n) is 3.86. The molecule has 0 amide bonds. The first-order chi connectivity index (χ1) is 8.15. The summed E-state index contributed by atoms with van der Waals surface area (Å²) in [5, 5.41) is 4.23. The van der Waals surface area contributed by atoms with Gasteiger partial charge in [-0.25, -0.2) is 0 Å². The Morgan fingerprint density at radius 2 is 1.82 bits per heavy atom. The lowest BCUT2D eigenvalue weighted by Crippen LogP contribution is -2.17. The van der Waals surface area contributed by atoms with E-state index in [-0.39, 0.29) is 0 Å². The van der Waals surface area contributed by atoms with Crippen LogP contribution in [0.1, 0.15) is 23.4 Å². The standard InChI is InChI=1S/C13H13Cl2NS/c1-9(10-2-4-11(14)5-3-10)16-8-12-6-7-13(15)17-12/h2-7,9,16H,8H2,1H3/t9-/m1/s1. The van der Waals surface area contributed by atoms with Crippen LogP contribution >= 0.6 is 34.5 Å². The molecule has 0 aliphatic rings. The highest BCUT2D eigenvalue weighted by molar-refractivity contribution is 7.16. The molecule has 17 heavy (non-hydrogen) atoms. The smallest absolute Gasteiger partial charge is 0.0931 e. The molecule has 4 heteroatoms. The predicted octanol–water partition coefficient (Wildman–Crippen LogP) is 4.91. The van der Waals surface area contributed by atoms with Crippen molar-refractivity contribution < 1.29 is 0 Å². The monoisotopic (exact) mass is 285 g/mol. The Balaban J connectivity index is 1.93. The highest BCUT2D eigenvalue weighted by Gasteiger charge is 2.05. The Hall–Kier alpha value is -0.540. The third kappa shape index (κ3) is 3.71. The summed E-state index contributed by atoms with van der Waals surface area (Å²) >= 11 is 13.4. The quantitative estimate of drug-likeness (QED) is 0.842. The molecule has 1 N–H and O–H groups in total. The summed E-state index contributed by atoms with van der Waals surface area (Å²) in [6.07, 6.45) is 0. The van der Waals surface area contributed by atoms with Gasteiger partial charge in [0.2, 0.25) is 0 Å². The SMILES string of the molecule is C[C@@H](NCc1ccc(Cl)s1)c1ccc(Cl)cc1. The summed E-state index contributed by atoms with van der Waals surface area (Å²) in [6.45, 7) is 2.97. The average Bonchev–Trinajstić information content (AvgIpc) is 2.73. The van der Waals surface area contributed by atoms with Gasteiger partial charge in [0.1, 0.15) is 0 Å². The topological polar surface area (TPSA) is 12.0 Å².